The zero-order valence-corrected chi connectivity index (χ0v) is 12.1. The Morgan fingerprint density at radius 3 is 2.52 bits per heavy atom. The third kappa shape index (κ3) is 4.57. The molecule has 2 rings (SSSR count). The number of piperidine rings is 1. The van der Waals surface area contributed by atoms with E-state index in [2.05, 4.69) is 4.98 Å². The maximum absolute atomic E-state index is 12.1. The minimum absolute atomic E-state index is 0.0191. The summed E-state index contributed by atoms with van der Waals surface area (Å²) in [5, 5.41) is 10.8. The summed E-state index contributed by atoms with van der Waals surface area (Å²) in [4.78, 5) is 27.6. The van der Waals surface area contributed by atoms with Gasteiger partial charge in [0, 0.05) is 19.6 Å². The van der Waals surface area contributed by atoms with Gasteiger partial charge in [0.05, 0.1) is 0 Å². The molecule has 1 saturated heterocycles. The monoisotopic (exact) mass is 331 g/mol. The van der Waals surface area contributed by atoms with E-state index in [-0.39, 0.29) is 18.2 Å². The van der Waals surface area contributed by atoms with Crippen LogP contribution in [0.4, 0.5) is 19.0 Å². The molecule has 0 unspecified atom stereocenters. The molecule has 2 N–H and O–H groups in total. The highest BCUT2D eigenvalue weighted by atomic mass is 19.4. The minimum Gasteiger partial charge on any atom is -0.477 e. The van der Waals surface area contributed by atoms with Crippen LogP contribution in [-0.4, -0.2) is 47.8 Å². The Bertz CT molecular complexity index is 584. The average Bonchev–Trinajstić information content (AvgIpc) is 2.52. The van der Waals surface area contributed by atoms with Crippen molar-refractivity contribution in [1.82, 2.24) is 10.3 Å². The first-order valence-electron chi connectivity index (χ1n) is 7.07. The normalized spacial score (nSPS) is 16.2. The Morgan fingerprint density at radius 2 is 1.96 bits per heavy atom. The van der Waals surface area contributed by atoms with E-state index in [0.717, 1.165) is 0 Å². The van der Waals surface area contributed by atoms with Crippen LogP contribution in [0.5, 0.6) is 0 Å². The fourth-order valence-electron chi connectivity index (χ4n) is 2.42. The van der Waals surface area contributed by atoms with Gasteiger partial charge in [-0.1, -0.05) is 6.07 Å². The maximum atomic E-state index is 12.1. The van der Waals surface area contributed by atoms with Gasteiger partial charge < -0.3 is 15.3 Å². The van der Waals surface area contributed by atoms with Gasteiger partial charge in [0.2, 0.25) is 0 Å². The zero-order chi connectivity index (χ0) is 17.0. The van der Waals surface area contributed by atoms with Crippen molar-refractivity contribution < 1.29 is 27.9 Å². The Labute approximate surface area is 130 Å². The summed E-state index contributed by atoms with van der Waals surface area (Å²) in [6.45, 7) is 1.07. The summed E-state index contributed by atoms with van der Waals surface area (Å²) in [6.07, 6.45) is -3.67. The topological polar surface area (TPSA) is 82.5 Å². The molecule has 0 saturated carbocycles. The highest BCUT2D eigenvalue weighted by molar-refractivity contribution is 5.85. The molecule has 1 aromatic rings. The number of amides is 1. The van der Waals surface area contributed by atoms with Crippen molar-refractivity contribution in [2.75, 3.05) is 24.5 Å². The summed E-state index contributed by atoms with van der Waals surface area (Å²) in [7, 11) is 0. The van der Waals surface area contributed by atoms with Gasteiger partial charge in [0.25, 0.3) is 0 Å². The van der Waals surface area contributed by atoms with Crippen LogP contribution in [0.25, 0.3) is 0 Å². The van der Waals surface area contributed by atoms with Gasteiger partial charge in [-0.15, -0.1) is 0 Å². The Hall–Kier alpha value is -2.32. The number of alkyl halides is 3. The maximum Gasteiger partial charge on any atom is 0.471 e. The van der Waals surface area contributed by atoms with Crippen LogP contribution < -0.4 is 10.2 Å². The second-order valence-corrected chi connectivity index (χ2v) is 5.32. The van der Waals surface area contributed by atoms with E-state index in [1.807, 2.05) is 10.2 Å². The number of aromatic carboxylic acids is 1. The van der Waals surface area contributed by atoms with E-state index in [4.69, 9.17) is 5.11 Å². The van der Waals surface area contributed by atoms with Crippen LogP contribution in [0.1, 0.15) is 23.3 Å². The van der Waals surface area contributed by atoms with Crippen LogP contribution in [0.15, 0.2) is 18.2 Å². The predicted molar refractivity (Wildman–Crippen MR) is 75.2 cm³/mol. The average molecular weight is 331 g/mol. The fourth-order valence-corrected chi connectivity index (χ4v) is 2.42. The van der Waals surface area contributed by atoms with Gasteiger partial charge in [-0.3, -0.25) is 4.79 Å². The number of hydrogen-bond donors (Lipinski definition) is 2. The van der Waals surface area contributed by atoms with E-state index in [0.29, 0.717) is 31.7 Å². The molecule has 1 aliphatic rings. The number of nitrogens with one attached hydrogen (secondary N) is 1. The smallest absolute Gasteiger partial charge is 0.471 e. The van der Waals surface area contributed by atoms with E-state index >= 15 is 0 Å². The standard InChI is InChI=1S/C14H16F3N3O3/c15-14(16,17)13(23)18-8-9-4-6-20(7-5-9)11-3-1-2-10(19-11)12(21)22/h1-3,9H,4-8H2,(H,18,23)(H,21,22). The number of halogens is 3. The highest BCUT2D eigenvalue weighted by Gasteiger charge is 2.38. The fraction of sp³-hybridized carbons (Fsp3) is 0.500. The van der Waals surface area contributed by atoms with Crippen molar-refractivity contribution in [3.63, 3.8) is 0 Å². The molecule has 6 nitrogen and oxygen atoms in total. The third-order valence-corrected chi connectivity index (χ3v) is 3.70. The van der Waals surface area contributed by atoms with E-state index in [1.165, 1.54) is 6.07 Å². The first-order valence-corrected chi connectivity index (χ1v) is 7.07. The second-order valence-electron chi connectivity index (χ2n) is 5.32. The number of pyridine rings is 1. The summed E-state index contributed by atoms with van der Waals surface area (Å²) in [5.74, 6) is -2.55. The largest absolute Gasteiger partial charge is 0.477 e. The number of rotatable bonds is 4. The Kier molecular flexibility index (Phi) is 5.07. The number of carboxylic acids is 1. The minimum atomic E-state index is -4.86. The van der Waals surface area contributed by atoms with Crippen LogP contribution in [0, 0.1) is 5.92 Å². The number of hydrogen-bond acceptors (Lipinski definition) is 4. The molecule has 2 heterocycles. The molecule has 1 fully saturated rings. The molecule has 1 amide bonds. The van der Waals surface area contributed by atoms with Gasteiger partial charge in [-0.25, -0.2) is 9.78 Å². The molecule has 23 heavy (non-hydrogen) atoms. The lowest BCUT2D eigenvalue weighted by Gasteiger charge is -2.33. The van der Waals surface area contributed by atoms with Gasteiger partial charge >= 0.3 is 18.1 Å². The highest BCUT2D eigenvalue weighted by Crippen LogP contribution is 2.22. The van der Waals surface area contributed by atoms with Gasteiger partial charge in [-0.2, -0.15) is 13.2 Å². The molecule has 0 aromatic carbocycles. The van der Waals surface area contributed by atoms with Crippen molar-refractivity contribution in [1.29, 1.82) is 0 Å². The number of carbonyl (C=O) groups excluding carboxylic acids is 1. The molecule has 9 heteroatoms. The van der Waals surface area contributed by atoms with Crippen molar-refractivity contribution >= 4 is 17.7 Å². The molecule has 1 aromatic heterocycles. The quantitative estimate of drug-likeness (QED) is 0.877. The molecular formula is C14H16F3N3O3. The van der Waals surface area contributed by atoms with Crippen molar-refractivity contribution in [2.24, 2.45) is 5.92 Å². The summed E-state index contributed by atoms with van der Waals surface area (Å²) >= 11 is 0. The van der Waals surface area contributed by atoms with Crippen molar-refractivity contribution in [2.45, 2.75) is 19.0 Å². The van der Waals surface area contributed by atoms with E-state index in [1.54, 1.807) is 12.1 Å². The third-order valence-electron chi connectivity index (χ3n) is 3.70. The number of anilines is 1. The number of carboxylic acid groups (broad SMARTS) is 1. The van der Waals surface area contributed by atoms with E-state index < -0.39 is 18.1 Å². The lowest BCUT2D eigenvalue weighted by atomic mass is 9.96. The first kappa shape index (κ1) is 17.0. The van der Waals surface area contributed by atoms with Crippen molar-refractivity contribution in [3.8, 4) is 0 Å². The Balaban J connectivity index is 1.85. The first-order chi connectivity index (χ1) is 10.8. The zero-order valence-electron chi connectivity index (χ0n) is 12.1. The summed E-state index contributed by atoms with van der Waals surface area (Å²) in [5.41, 5.74) is -0.0536. The molecular weight excluding hydrogens is 315 g/mol. The van der Waals surface area contributed by atoms with Crippen LogP contribution in [-0.2, 0) is 4.79 Å². The molecule has 0 bridgehead atoms. The van der Waals surface area contributed by atoms with Gasteiger partial charge in [0.1, 0.15) is 5.82 Å². The van der Waals surface area contributed by atoms with Gasteiger partial charge in [0.15, 0.2) is 5.69 Å². The molecule has 126 valence electrons. The molecule has 0 spiro atoms. The summed E-state index contributed by atoms with van der Waals surface area (Å²) < 4.78 is 36.3. The van der Waals surface area contributed by atoms with Crippen LogP contribution in [0.3, 0.4) is 0 Å². The Morgan fingerprint density at radius 1 is 1.30 bits per heavy atom. The van der Waals surface area contributed by atoms with E-state index in [9.17, 15) is 22.8 Å². The van der Waals surface area contributed by atoms with Crippen molar-refractivity contribution in [3.05, 3.63) is 23.9 Å². The van der Waals surface area contributed by atoms with Gasteiger partial charge in [-0.05, 0) is 30.9 Å². The summed E-state index contributed by atoms with van der Waals surface area (Å²) in [6, 6.07) is 4.69. The molecule has 1 aliphatic heterocycles. The number of aromatic nitrogens is 1. The predicted octanol–water partition coefficient (Wildman–Crippen LogP) is 1.67. The second kappa shape index (κ2) is 6.84. The lowest BCUT2D eigenvalue weighted by molar-refractivity contribution is -0.173. The van der Waals surface area contributed by atoms with Crippen LogP contribution >= 0.6 is 0 Å². The molecule has 0 radical (unpaired) electrons. The SMILES string of the molecule is O=C(O)c1cccc(N2CCC(CNC(=O)C(F)(F)F)CC2)n1. The number of nitrogens with zero attached hydrogens (tertiary/aromatic N) is 2. The molecule has 0 atom stereocenters. The lowest BCUT2D eigenvalue weighted by Crippen LogP contribution is -2.42. The van der Waals surface area contributed by atoms with Crippen LogP contribution in [0.2, 0.25) is 0 Å². The number of carbonyl (C=O) groups is 2. The molecule has 0 aliphatic carbocycles.